The van der Waals surface area contributed by atoms with Crippen LogP contribution < -0.4 is 0 Å². The molecule has 0 aliphatic heterocycles. The lowest BCUT2D eigenvalue weighted by Crippen LogP contribution is -2.29. The summed E-state index contributed by atoms with van der Waals surface area (Å²) in [6.45, 7) is 6.59. The van der Waals surface area contributed by atoms with Crippen molar-refractivity contribution in [3.05, 3.63) is 0 Å². The number of carboxylic acids is 1. The zero-order valence-corrected chi connectivity index (χ0v) is 15.1. The number of carboxylic acid groups (broad SMARTS) is 1. The summed E-state index contributed by atoms with van der Waals surface area (Å²) in [4.78, 5) is 23.4. The van der Waals surface area contributed by atoms with Gasteiger partial charge in [0.25, 0.3) is 0 Å². The maximum Gasteiger partial charge on any atom is 0.309 e. The number of esters is 1. The normalized spacial score (nSPS) is 22.8. The van der Waals surface area contributed by atoms with Crippen molar-refractivity contribution in [3.63, 3.8) is 0 Å². The highest BCUT2D eigenvalue weighted by molar-refractivity contribution is 5.74. The summed E-state index contributed by atoms with van der Waals surface area (Å²) in [7, 11) is 0. The van der Waals surface area contributed by atoms with Crippen LogP contribution in [0.2, 0.25) is 0 Å². The minimum atomic E-state index is -0.730. The van der Waals surface area contributed by atoms with Crippen LogP contribution in [0.25, 0.3) is 0 Å². The summed E-state index contributed by atoms with van der Waals surface area (Å²) >= 11 is 0. The van der Waals surface area contributed by atoms with Gasteiger partial charge >= 0.3 is 11.9 Å². The molecule has 0 radical (unpaired) electrons. The van der Waals surface area contributed by atoms with Crippen molar-refractivity contribution in [3.8, 4) is 0 Å². The molecule has 134 valence electrons. The van der Waals surface area contributed by atoms with Gasteiger partial charge in [-0.2, -0.15) is 0 Å². The summed E-state index contributed by atoms with van der Waals surface area (Å²) in [5.41, 5.74) is 0. The number of hydrogen-bond acceptors (Lipinski definition) is 3. The Morgan fingerprint density at radius 1 is 1.00 bits per heavy atom. The molecule has 23 heavy (non-hydrogen) atoms. The highest BCUT2D eigenvalue weighted by Crippen LogP contribution is 2.30. The topological polar surface area (TPSA) is 63.6 Å². The van der Waals surface area contributed by atoms with Crippen molar-refractivity contribution in [1.29, 1.82) is 0 Å². The van der Waals surface area contributed by atoms with Gasteiger partial charge in [-0.05, 0) is 50.9 Å². The van der Waals surface area contributed by atoms with Gasteiger partial charge in [-0.3, -0.25) is 9.59 Å². The molecule has 1 unspecified atom stereocenters. The molecule has 0 saturated heterocycles. The molecule has 1 aliphatic carbocycles. The molecule has 1 fully saturated rings. The van der Waals surface area contributed by atoms with Crippen molar-refractivity contribution in [2.45, 2.75) is 91.1 Å². The van der Waals surface area contributed by atoms with Crippen molar-refractivity contribution >= 4 is 11.9 Å². The van der Waals surface area contributed by atoms with Crippen LogP contribution in [-0.2, 0) is 14.3 Å². The second-order valence-electron chi connectivity index (χ2n) is 7.41. The number of aliphatic carboxylic acids is 1. The quantitative estimate of drug-likeness (QED) is 0.585. The van der Waals surface area contributed by atoms with Gasteiger partial charge in [0.1, 0.15) is 6.10 Å². The van der Waals surface area contributed by atoms with E-state index in [1.807, 2.05) is 0 Å². The molecule has 0 spiro atoms. The predicted molar refractivity (Wildman–Crippen MR) is 91.2 cm³/mol. The summed E-state index contributed by atoms with van der Waals surface area (Å²) in [6.07, 6.45) is 8.93. The van der Waals surface area contributed by atoms with Crippen molar-refractivity contribution < 1.29 is 19.4 Å². The molecule has 0 heterocycles. The van der Waals surface area contributed by atoms with E-state index in [0.717, 1.165) is 32.1 Å². The largest absolute Gasteiger partial charge is 0.481 e. The number of ether oxygens (including phenoxy) is 1. The van der Waals surface area contributed by atoms with Crippen LogP contribution in [0.1, 0.15) is 85.0 Å². The Bertz CT molecular complexity index is 356. The van der Waals surface area contributed by atoms with Crippen LogP contribution in [0.5, 0.6) is 0 Å². The van der Waals surface area contributed by atoms with Crippen LogP contribution in [0.15, 0.2) is 0 Å². The van der Waals surface area contributed by atoms with E-state index in [0.29, 0.717) is 31.6 Å². The van der Waals surface area contributed by atoms with E-state index in [-0.39, 0.29) is 23.9 Å². The fourth-order valence-electron chi connectivity index (χ4n) is 3.28. The van der Waals surface area contributed by atoms with Crippen molar-refractivity contribution in [2.24, 2.45) is 17.8 Å². The van der Waals surface area contributed by atoms with Crippen LogP contribution in [0.3, 0.4) is 0 Å². The predicted octanol–water partition coefficient (Wildman–Crippen LogP) is 4.81. The second-order valence-corrected chi connectivity index (χ2v) is 7.41. The first-order valence-electron chi connectivity index (χ1n) is 9.37. The highest BCUT2D eigenvalue weighted by atomic mass is 16.5. The molecule has 1 atom stereocenters. The standard InChI is InChI=1S/C19H34O4/c1-4-5-8-17(9-6-7-14(2)3)23-19(22)16-12-10-15(11-13-16)18(20)21/h14-17H,4-13H2,1-3H3,(H,20,21). The Hall–Kier alpha value is -1.06. The molecule has 1 rings (SSSR count). The smallest absolute Gasteiger partial charge is 0.309 e. The third-order valence-electron chi connectivity index (χ3n) is 4.88. The van der Waals surface area contributed by atoms with Gasteiger partial charge in [-0.15, -0.1) is 0 Å². The van der Waals surface area contributed by atoms with Crippen LogP contribution in [0.4, 0.5) is 0 Å². The fourth-order valence-corrected chi connectivity index (χ4v) is 3.28. The van der Waals surface area contributed by atoms with E-state index in [2.05, 4.69) is 20.8 Å². The Morgan fingerprint density at radius 2 is 1.57 bits per heavy atom. The Labute approximate surface area is 141 Å². The summed E-state index contributed by atoms with van der Waals surface area (Å²) in [5.74, 6) is -0.518. The first-order valence-corrected chi connectivity index (χ1v) is 9.37. The van der Waals surface area contributed by atoms with Gasteiger partial charge in [-0.1, -0.05) is 40.0 Å². The summed E-state index contributed by atoms with van der Waals surface area (Å²) < 4.78 is 5.78. The average molecular weight is 326 g/mol. The van der Waals surface area contributed by atoms with Gasteiger partial charge in [0.05, 0.1) is 11.8 Å². The molecule has 4 nitrogen and oxygen atoms in total. The molecular formula is C19H34O4. The minimum Gasteiger partial charge on any atom is -0.481 e. The van der Waals surface area contributed by atoms with Crippen molar-refractivity contribution in [1.82, 2.24) is 0 Å². The average Bonchev–Trinajstić information content (AvgIpc) is 2.52. The van der Waals surface area contributed by atoms with Gasteiger partial charge in [-0.25, -0.2) is 0 Å². The monoisotopic (exact) mass is 326 g/mol. The fraction of sp³-hybridized carbons (Fsp3) is 0.895. The lowest BCUT2D eigenvalue weighted by atomic mass is 9.82. The molecule has 0 aromatic carbocycles. The molecular weight excluding hydrogens is 292 g/mol. The van der Waals surface area contributed by atoms with Crippen LogP contribution in [0, 0.1) is 17.8 Å². The molecule has 0 bridgehead atoms. The SMILES string of the molecule is CCCCC(CCCC(C)C)OC(=O)C1CCC(C(=O)O)CC1. The van der Waals surface area contributed by atoms with Crippen LogP contribution >= 0.6 is 0 Å². The molecule has 4 heteroatoms. The molecule has 0 aromatic heterocycles. The number of carbonyl (C=O) groups excluding carboxylic acids is 1. The van der Waals surface area contributed by atoms with Gasteiger partial charge < -0.3 is 9.84 Å². The minimum absolute atomic E-state index is 0.0402. The molecule has 1 saturated carbocycles. The van der Waals surface area contributed by atoms with E-state index in [1.54, 1.807) is 0 Å². The maximum absolute atomic E-state index is 12.4. The number of unbranched alkanes of at least 4 members (excludes halogenated alkanes) is 1. The summed E-state index contributed by atoms with van der Waals surface area (Å²) in [6, 6.07) is 0. The number of carbonyl (C=O) groups is 2. The Morgan fingerprint density at radius 3 is 2.09 bits per heavy atom. The van der Waals surface area contributed by atoms with Crippen LogP contribution in [-0.4, -0.2) is 23.1 Å². The Balaban J connectivity index is 2.41. The molecule has 0 aromatic rings. The first-order chi connectivity index (χ1) is 10.9. The van der Waals surface area contributed by atoms with E-state index in [9.17, 15) is 9.59 Å². The zero-order valence-electron chi connectivity index (χ0n) is 15.1. The molecule has 0 amide bonds. The lowest BCUT2D eigenvalue weighted by Gasteiger charge is -2.27. The second kappa shape index (κ2) is 10.7. The molecule has 1 N–H and O–H groups in total. The maximum atomic E-state index is 12.4. The van der Waals surface area contributed by atoms with Gasteiger partial charge in [0.2, 0.25) is 0 Å². The van der Waals surface area contributed by atoms with Crippen molar-refractivity contribution in [2.75, 3.05) is 0 Å². The van der Waals surface area contributed by atoms with E-state index in [1.165, 1.54) is 6.42 Å². The van der Waals surface area contributed by atoms with E-state index < -0.39 is 5.97 Å². The van der Waals surface area contributed by atoms with Gasteiger partial charge in [0.15, 0.2) is 0 Å². The highest BCUT2D eigenvalue weighted by Gasteiger charge is 2.31. The van der Waals surface area contributed by atoms with E-state index >= 15 is 0 Å². The lowest BCUT2D eigenvalue weighted by molar-refractivity contribution is -0.158. The zero-order chi connectivity index (χ0) is 17.2. The molecule has 1 aliphatic rings. The summed E-state index contributed by atoms with van der Waals surface area (Å²) in [5, 5.41) is 9.03. The number of rotatable bonds is 10. The third-order valence-corrected chi connectivity index (χ3v) is 4.88. The Kier molecular flexibility index (Phi) is 9.27. The number of hydrogen-bond donors (Lipinski definition) is 1. The van der Waals surface area contributed by atoms with E-state index in [4.69, 9.17) is 9.84 Å². The van der Waals surface area contributed by atoms with Gasteiger partial charge in [0, 0.05) is 0 Å². The first kappa shape index (κ1) is 20.0. The third kappa shape index (κ3) is 7.85.